The summed E-state index contributed by atoms with van der Waals surface area (Å²) in [6.45, 7) is 4.24. The van der Waals surface area contributed by atoms with Crippen molar-refractivity contribution in [2.45, 2.75) is 44.8 Å². The maximum absolute atomic E-state index is 5.80. The zero-order valence-corrected chi connectivity index (χ0v) is 6.75. The molecule has 1 rings (SSSR count). The third-order valence-electron chi connectivity index (χ3n) is 2.31. The summed E-state index contributed by atoms with van der Waals surface area (Å²) in [5, 5.41) is 1.91. The van der Waals surface area contributed by atoms with E-state index < -0.39 is 0 Å². The van der Waals surface area contributed by atoms with E-state index in [-0.39, 0.29) is 0 Å². The number of nitrogens with two attached hydrogens (primary N) is 2. The Balaban J connectivity index is 2.49. The van der Waals surface area contributed by atoms with E-state index in [0.717, 1.165) is 12.8 Å². The molecule has 1 saturated heterocycles. The van der Waals surface area contributed by atoms with Gasteiger partial charge in [-0.3, -0.25) is 5.84 Å². The van der Waals surface area contributed by atoms with Gasteiger partial charge in [-0.15, -0.1) is 0 Å². The molecule has 3 nitrogen and oxygen atoms in total. The van der Waals surface area contributed by atoms with Crippen molar-refractivity contribution in [2.75, 3.05) is 0 Å². The molecule has 10 heavy (non-hydrogen) atoms. The third kappa shape index (κ3) is 1.48. The monoisotopic (exact) mass is 143 g/mol. The third-order valence-corrected chi connectivity index (χ3v) is 2.31. The highest BCUT2D eigenvalue weighted by atomic mass is 15.4. The average Bonchev–Trinajstić information content (AvgIpc) is 1.82. The van der Waals surface area contributed by atoms with E-state index in [1.807, 2.05) is 5.01 Å². The SMILES string of the molecule is CC1CC(N)CC(C)N1N. The van der Waals surface area contributed by atoms with Crippen molar-refractivity contribution in [3.05, 3.63) is 0 Å². The minimum absolute atomic E-state index is 0.352. The van der Waals surface area contributed by atoms with Crippen molar-refractivity contribution in [3.8, 4) is 0 Å². The Morgan fingerprint density at radius 2 is 1.60 bits per heavy atom. The summed E-state index contributed by atoms with van der Waals surface area (Å²) in [5.41, 5.74) is 5.80. The van der Waals surface area contributed by atoms with Gasteiger partial charge in [-0.2, -0.15) is 0 Å². The first-order chi connectivity index (χ1) is 4.61. The molecule has 1 aliphatic heterocycles. The van der Waals surface area contributed by atoms with Crippen LogP contribution in [0.25, 0.3) is 0 Å². The molecule has 0 spiro atoms. The van der Waals surface area contributed by atoms with Gasteiger partial charge in [0.25, 0.3) is 0 Å². The first-order valence-corrected chi connectivity index (χ1v) is 3.90. The van der Waals surface area contributed by atoms with Crippen molar-refractivity contribution >= 4 is 0 Å². The fraction of sp³-hybridized carbons (Fsp3) is 1.00. The summed E-state index contributed by atoms with van der Waals surface area (Å²) in [4.78, 5) is 0. The Hall–Kier alpha value is -0.120. The van der Waals surface area contributed by atoms with E-state index in [2.05, 4.69) is 13.8 Å². The Morgan fingerprint density at radius 3 is 2.00 bits per heavy atom. The molecule has 2 atom stereocenters. The van der Waals surface area contributed by atoms with E-state index >= 15 is 0 Å². The molecule has 1 aliphatic rings. The molecule has 0 aliphatic carbocycles. The van der Waals surface area contributed by atoms with Gasteiger partial charge in [0.1, 0.15) is 0 Å². The lowest BCUT2D eigenvalue weighted by Gasteiger charge is -2.38. The molecule has 1 fully saturated rings. The van der Waals surface area contributed by atoms with Gasteiger partial charge >= 0.3 is 0 Å². The molecular weight excluding hydrogens is 126 g/mol. The minimum Gasteiger partial charge on any atom is -0.328 e. The predicted molar refractivity (Wildman–Crippen MR) is 42.2 cm³/mol. The molecular formula is C7H17N3. The van der Waals surface area contributed by atoms with Crippen molar-refractivity contribution in [3.63, 3.8) is 0 Å². The summed E-state index contributed by atoms with van der Waals surface area (Å²) >= 11 is 0. The van der Waals surface area contributed by atoms with Crippen LogP contribution < -0.4 is 11.6 Å². The zero-order chi connectivity index (χ0) is 7.72. The van der Waals surface area contributed by atoms with Crippen molar-refractivity contribution < 1.29 is 0 Å². The number of rotatable bonds is 0. The van der Waals surface area contributed by atoms with Crippen LogP contribution in [0, 0.1) is 0 Å². The molecule has 0 aromatic heterocycles. The second kappa shape index (κ2) is 2.86. The van der Waals surface area contributed by atoms with Crippen molar-refractivity contribution in [1.29, 1.82) is 0 Å². The normalized spacial score (nSPS) is 43.8. The smallest absolute Gasteiger partial charge is 0.0230 e. The molecule has 4 N–H and O–H groups in total. The Labute approximate surface area is 62.3 Å². The molecule has 60 valence electrons. The minimum atomic E-state index is 0.352. The van der Waals surface area contributed by atoms with E-state index in [9.17, 15) is 0 Å². The molecule has 0 aromatic rings. The number of hydrazine groups is 1. The van der Waals surface area contributed by atoms with Crippen LogP contribution >= 0.6 is 0 Å². The summed E-state index contributed by atoms with van der Waals surface area (Å²) < 4.78 is 0. The Morgan fingerprint density at radius 1 is 1.20 bits per heavy atom. The van der Waals surface area contributed by atoms with Gasteiger partial charge in [-0.1, -0.05) is 0 Å². The van der Waals surface area contributed by atoms with Crippen LogP contribution in [0.2, 0.25) is 0 Å². The van der Waals surface area contributed by atoms with Gasteiger partial charge in [-0.05, 0) is 26.7 Å². The highest BCUT2D eigenvalue weighted by Gasteiger charge is 2.26. The van der Waals surface area contributed by atoms with E-state index in [1.165, 1.54) is 0 Å². The Bertz CT molecular complexity index is 103. The molecule has 0 bridgehead atoms. The molecule has 1 heterocycles. The second-order valence-electron chi connectivity index (χ2n) is 3.38. The lowest BCUT2D eigenvalue weighted by atomic mass is 9.95. The molecule has 0 saturated carbocycles. The molecule has 0 radical (unpaired) electrons. The summed E-state index contributed by atoms with van der Waals surface area (Å²) in [7, 11) is 0. The van der Waals surface area contributed by atoms with Gasteiger partial charge in [0, 0.05) is 18.1 Å². The van der Waals surface area contributed by atoms with E-state index in [1.54, 1.807) is 0 Å². The number of nitrogens with zero attached hydrogens (tertiary/aromatic N) is 1. The first kappa shape index (κ1) is 7.98. The predicted octanol–water partition coefficient (Wildman–Crippen LogP) is 0.0602. The topological polar surface area (TPSA) is 55.3 Å². The maximum Gasteiger partial charge on any atom is 0.0230 e. The lowest BCUT2D eigenvalue weighted by Crippen LogP contribution is -2.53. The van der Waals surface area contributed by atoms with Crippen molar-refractivity contribution in [1.82, 2.24) is 5.01 Å². The number of piperidine rings is 1. The van der Waals surface area contributed by atoms with E-state index in [4.69, 9.17) is 11.6 Å². The first-order valence-electron chi connectivity index (χ1n) is 3.90. The van der Waals surface area contributed by atoms with Crippen LogP contribution in [0.1, 0.15) is 26.7 Å². The summed E-state index contributed by atoms with van der Waals surface area (Å²) in [5.74, 6) is 5.76. The van der Waals surface area contributed by atoms with Crippen LogP contribution in [-0.4, -0.2) is 23.1 Å². The Kier molecular flexibility index (Phi) is 2.28. The van der Waals surface area contributed by atoms with Gasteiger partial charge in [0.05, 0.1) is 0 Å². The average molecular weight is 143 g/mol. The molecule has 0 aromatic carbocycles. The van der Waals surface area contributed by atoms with Gasteiger partial charge in [-0.25, -0.2) is 5.01 Å². The molecule has 3 heteroatoms. The van der Waals surface area contributed by atoms with Crippen LogP contribution in [0.3, 0.4) is 0 Å². The molecule has 0 amide bonds. The van der Waals surface area contributed by atoms with Crippen LogP contribution in [0.15, 0.2) is 0 Å². The standard InChI is InChI=1S/C7H17N3/c1-5-3-7(8)4-6(2)10(5)9/h5-7H,3-4,8-9H2,1-2H3. The summed E-state index contributed by atoms with van der Waals surface area (Å²) in [6, 6.07) is 1.24. The van der Waals surface area contributed by atoms with Crippen molar-refractivity contribution in [2.24, 2.45) is 11.6 Å². The quantitative estimate of drug-likeness (QED) is 0.471. The second-order valence-corrected chi connectivity index (χ2v) is 3.38. The van der Waals surface area contributed by atoms with Gasteiger partial charge in [0.15, 0.2) is 0 Å². The van der Waals surface area contributed by atoms with E-state index in [0.29, 0.717) is 18.1 Å². The highest BCUT2D eigenvalue weighted by Crippen LogP contribution is 2.17. The fourth-order valence-electron chi connectivity index (χ4n) is 1.65. The molecule has 2 unspecified atom stereocenters. The largest absolute Gasteiger partial charge is 0.328 e. The highest BCUT2D eigenvalue weighted by molar-refractivity contribution is 4.82. The summed E-state index contributed by atoms with van der Waals surface area (Å²) in [6.07, 6.45) is 2.06. The van der Waals surface area contributed by atoms with Gasteiger partial charge < -0.3 is 5.73 Å². The van der Waals surface area contributed by atoms with Gasteiger partial charge in [0.2, 0.25) is 0 Å². The zero-order valence-electron chi connectivity index (χ0n) is 6.75. The van der Waals surface area contributed by atoms with Crippen LogP contribution in [0.4, 0.5) is 0 Å². The fourth-order valence-corrected chi connectivity index (χ4v) is 1.65. The lowest BCUT2D eigenvalue weighted by molar-refractivity contribution is 0.0931. The van der Waals surface area contributed by atoms with Crippen LogP contribution in [0.5, 0.6) is 0 Å². The maximum atomic E-state index is 5.80. The van der Waals surface area contributed by atoms with Crippen LogP contribution in [-0.2, 0) is 0 Å². The number of hydrogen-bond donors (Lipinski definition) is 2. The number of hydrogen-bond acceptors (Lipinski definition) is 3.